The molecule has 0 aromatic heterocycles. The van der Waals surface area contributed by atoms with Crippen molar-refractivity contribution >= 4 is 27.3 Å². The number of carbonyl (C=O) groups excluding carboxylic acids is 1. The Balaban J connectivity index is 2.74. The van der Waals surface area contributed by atoms with Gasteiger partial charge in [0.15, 0.2) is 0 Å². The standard InChI is InChI=1S/C12H19N3O3S/c1-9-8-10(14-12(16)6-7-13-2)4-5-11(9)15-19(3,17)18/h4-5,8,13,15H,6-7H2,1-3H3,(H,14,16). The van der Waals surface area contributed by atoms with Gasteiger partial charge in [0.05, 0.1) is 11.9 Å². The van der Waals surface area contributed by atoms with Crippen LogP contribution in [-0.2, 0) is 14.8 Å². The Morgan fingerprint density at radius 3 is 2.53 bits per heavy atom. The predicted octanol–water partition coefficient (Wildman–Crippen LogP) is 0.915. The molecule has 1 rings (SSSR count). The van der Waals surface area contributed by atoms with Crippen molar-refractivity contribution in [2.24, 2.45) is 0 Å². The average molecular weight is 285 g/mol. The van der Waals surface area contributed by atoms with Gasteiger partial charge in [0, 0.05) is 18.7 Å². The molecule has 0 fully saturated rings. The Bertz CT molecular complexity index is 555. The second-order valence-corrected chi connectivity index (χ2v) is 6.05. The summed E-state index contributed by atoms with van der Waals surface area (Å²) in [7, 11) is -1.51. The summed E-state index contributed by atoms with van der Waals surface area (Å²) >= 11 is 0. The van der Waals surface area contributed by atoms with Gasteiger partial charge in [0.1, 0.15) is 0 Å². The topological polar surface area (TPSA) is 87.3 Å². The summed E-state index contributed by atoms with van der Waals surface area (Å²) < 4.78 is 24.7. The first-order valence-electron chi connectivity index (χ1n) is 5.84. The molecular formula is C12H19N3O3S. The number of hydrogen-bond donors (Lipinski definition) is 3. The molecule has 0 saturated carbocycles. The maximum atomic E-state index is 11.5. The lowest BCUT2D eigenvalue weighted by Crippen LogP contribution is -2.18. The van der Waals surface area contributed by atoms with Crippen LogP contribution in [0.5, 0.6) is 0 Å². The number of sulfonamides is 1. The molecule has 1 aromatic rings. The van der Waals surface area contributed by atoms with Gasteiger partial charge in [-0.1, -0.05) is 0 Å². The summed E-state index contributed by atoms with van der Waals surface area (Å²) in [4.78, 5) is 11.5. The Morgan fingerprint density at radius 1 is 1.32 bits per heavy atom. The lowest BCUT2D eigenvalue weighted by atomic mass is 10.2. The molecule has 6 nitrogen and oxygen atoms in total. The highest BCUT2D eigenvalue weighted by Crippen LogP contribution is 2.20. The second-order valence-electron chi connectivity index (χ2n) is 4.31. The van der Waals surface area contributed by atoms with Crippen molar-refractivity contribution < 1.29 is 13.2 Å². The van der Waals surface area contributed by atoms with E-state index in [1.165, 1.54) is 0 Å². The molecule has 0 atom stereocenters. The minimum Gasteiger partial charge on any atom is -0.326 e. The van der Waals surface area contributed by atoms with Crippen LogP contribution in [0.15, 0.2) is 18.2 Å². The van der Waals surface area contributed by atoms with Gasteiger partial charge < -0.3 is 10.6 Å². The van der Waals surface area contributed by atoms with Crippen LogP contribution in [0.1, 0.15) is 12.0 Å². The number of nitrogens with one attached hydrogen (secondary N) is 3. The second kappa shape index (κ2) is 6.53. The zero-order valence-corrected chi connectivity index (χ0v) is 12.1. The third kappa shape index (κ3) is 5.71. The van der Waals surface area contributed by atoms with Crippen LogP contribution in [0, 0.1) is 6.92 Å². The van der Waals surface area contributed by atoms with Crippen LogP contribution in [-0.4, -0.2) is 34.2 Å². The van der Waals surface area contributed by atoms with Crippen molar-refractivity contribution in [1.29, 1.82) is 0 Å². The third-order valence-corrected chi connectivity index (χ3v) is 3.00. The maximum Gasteiger partial charge on any atom is 0.229 e. The molecule has 7 heteroatoms. The molecule has 1 amide bonds. The smallest absolute Gasteiger partial charge is 0.229 e. The normalized spacial score (nSPS) is 11.1. The summed E-state index contributed by atoms with van der Waals surface area (Å²) in [5, 5.41) is 5.64. The van der Waals surface area contributed by atoms with Crippen LogP contribution in [0.4, 0.5) is 11.4 Å². The summed E-state index contributed by atoms with van der Waals surface area (Å²) in [6.07, 6.45) is 1.48. The van der Waals surface area contributed by atoms with Gasteiger partial charge in [-0.3, -0.25) is 9.52 Å². The monoisotopic (exact) mass is 285 g/mol. The summed E-state index contributed by atoms with van der Waals surface area (Å²) in [6, 6.07) is 5.02. The molecule has 3 N–H and O–H groups in total. The zero-order chi connectivity index (χ0) is 14.5. The number of amides is 1. The van der Waals surface area contributed by atoms with Gasteiger partial charge in [-0.25, -0.2) is 8.42 Å². The van der Waals surface area contributed by atoms with Gasteiger partial charge in [-0.2, -0.15) is 0 Å². The van der Waals surface area contributed by atoms with E-state index in [0.29, 0.717) is 24.3 Å². The molecular weight excluding hydrogens is 266 g/mol. The Morgan fingerprint density at radius 2 is 2.00 bits per heavy atom. The zero-order valence-electron chi connectivity index (χ0n) is 11.3. The van der Waals surface area contributed by atoms with E-state index in [1.807, 2.05) is 0 Å². The number of aryl methyl sites for hydroxylation is 1. The first kappa shape index (κ1) is 15.5. The largest absolute Gasteiger partial charge is 0.326 e. The summed E-state index contributed by atoms with van der Waals surface area (Å²) in [5.41, 5.74) is 1.91. The fourth-order valence-electron chi connectivity index (χ4n) is 1.52. The molecule has 0 bridgehead atoms. The molecule has 0 aliphatic carbocycles. The molecule has 0 aliphatic rings. The SMILES string of the molecule is CNCCC(=O)Nc1ccc(NS(C)(=O)=O)c(C)c1. The van der Waals surface area contributed by atoms with Crippen molar-refractivity contribution in [2.45, 2.75) is 13.3 Å². The lowest BCUT2D eigenvalue weighted by Gasteiger charge is -2.10. The van der Waals surface area contributed by atoms with Crippen LogP contribution in [0.3, 0.4) is 0 Å². The highest BCUT2D eigenvalue weighted by molar-refractivity contribution is 7.92. The quantitative estimate of drug-likeness (QED) is 0.725. The first-order chi connectivity index (χ1) is 8.81. The van der Waals surface area contributed by atoms with E-state index in [9.17, 15) is 13.2 Å². The highest BCUT2D eigenvalue weighted by atomic mass is 32.2. The highest BCUT2D eigenvalue weighted by Gasteiger charge is 2.07. The number of carbonyl (C=O) groups is 1. The minimum absolute atomic E-state index is 0.0856. The molecule has 106 valence electrons. The molecule has 19 heavy (non-hydrogen) atoms. The first-order valence-corrected chi connectivity index (χ1v) is 7.74. The summed E-state index contributed by atoms with van der Waals surface area (Å²) in [5.74, 6) is -0.0856. The van der Waals surface area contributed by atoms with Gasteiger partial charge in [-0.15, -0.1) is 0 Å². The minimum atomic E-state index is -3.29. The third-order valence-electron chi connectivity index (χ3n) is 2.41. The van der Waals surface area contributed by atoms with E-state index in [2.05, 4.69) is 15.4 Å². The van der Waals surface area contributed by atoms with Gasteiger partial charge in [0.25, 0.3) is 0 Å². The van der Waals surface area contributed by atoms with Crippen LogP contribution < -0.4 is 15.4 Å². The van der Waals surface area contributed by atoms with Gasteiger partial charge >= 0.3 is 0 Å². The Labute approximate surface area is 113 Å². The van der Waals surface area contributed by atoms with E-state index >= 15 is 0 Å². The number of benzene rings is 1. The van der Waals surface area contributed by atoms with Crippen molar-refractivity contribution in [3.8, 4) is 0 Å². The van der Waals surface area contributed by atoms with E-state index in [-0.39, 0.29) is 5.91 Å². The Kier molecular flexibility index (Phi) is 5.31. The fraction of sp³-hybridized carbons (Fsp3) is 0.417. The number of anilines is 2. The van der Waals surface area contributed by atoms with Crippen molar-refractivity contribution in [3.63, 3.8) is 0 Å². The molecule has 0 aliphatic heterocycles. The van der Waals surface area contributed by atoms with Crippen molar-refractivity contribution in [1.82, 2.24) is 5.32 Å². The molecule has 0 spiro atoms. The summed E-state index contributed by atoms with van der Waals surface area (Å²) in [6.45, 7) is 2.38. The van der Waals surface area contributed by atoms with E-state index in [4.69, 9.17) is 0 Å². The van der Waals surface area contributed by atoms with Gasteiger partial charge in [-0.05, 0) is 37.7 Å². The predicted molar refractivity (Wildman–Crippen MR) is 76.8 cm³/mol. The average Bonchev–Trinajstić information content (AvgIpc) is 2.28. The number of hydrogen-bond acceptors (Lipinski definition) is 4. The molecule has 1 aromatic carbocycles. The van der Waals surface area contributed by atoms with Crippen LogP contribution >= 0.6 is 0 Å². The van der Waals surface area contributed by atoms with E-state index < -0.39 is 10.0 Å². The molecule has 0 radical (unpaired) electrons. The fourth-order valence-corrected chi connectivity index (χ4v) is 2.15. The number of rotatable bonds is 6. The van der Waals surface area contributed by atoms with Crippen molar-refractivity contribution in [2.75, 3.05) is 29.9 Å². The molecule has 0 heterocycles. The van der Waals surface area contributed by atoms with Crippen LogP contribution in [0.25, 0.3) is 0 Å². The van der Waals surface area contributed by atoms with Gasteiger partial charge in [0.2, 0.25) is 15.9 Å². The van der Waals surface area contributed by atoms with Crippen LogP contribution in [0.2, 0.25) is 0 Å². The molecule has 0 saturated heterocycles. The lowest BCUT2D eigenvalue weighted by molar-refractivity contribution is -0.116. The molecule has 0 unspecified atom stereocenters. The maximum absolute atomic E-state index is 11.5. The van der Waals surface area contributed by atoms with E-state index in [0.717, 1.165) is 11.8 Å². The van der Waals surface area contributed by atoms with Crippen molar-refractivity contribution in [3.05, 3.63) is 23.8 Å². The van der Waals surface area contributed by atoms with E-state index in [1.54, 1.807) is 32.2 Å². The Hall–Kier alpha value is -1.60.